The number of halogens is 1. The van der Waals surface area contributed by atoms with Crippen molar-refractivity contribution in [2.24, 2.45) is 0 Å². The Morgan fingerprint density at radius 2 is 1.95 bits per heavy atom. The summed E-state index contributed by atoms with van der Waals surface area (Å²) in [6.45, 7) is 4.05. The molecule has 0 radical (unpaired) electrons. The van der Waals surface area contributed by atoms with E-state index in [1.165, 1.54) is 18.3 Å². The van der Waals surface area contributed by atoms with Gasteiger partial charge in [0.25, 0.3) is 10.0 Å². The summed E-state index contributed by atoms with van der Waals surface area (Å²) in [6.07, 6.45) is 4.38. The van der Waals surface area contributed by atoms with Crippen molar-refractivity contribution in [1.82, 2.24) is 14.8 Å². The molecule has 0 amide bonds. The number of hydrogen-bond acceptors (Lipinski definition) is 4. The Hall–Kier alpha value is -0.690. The number of pyridine rings is 1. The summed E-state index contributed by atoms with van der Waals surface area (Å²) in [5.74, 6) is 0. The Morgan fingerprint density at radius 1 is 1.32 bits per heavy atom. The third kappa shape index (κ3) is 3.45. The van der Waals surface area contributed by atoms with E-state index in [4.69, 9.17) is 11.6 Å². The maximum Gasteiger partial charge on any atom is 0.255 e. The molecular weight excluding hydrogens is 286 g/mol. The maximum absolute atomic E-state index is 12.3. The lowest BCUT2D eigenvalue weighted by Crippen LogP contribution is -2.53. The smallest absolute Gasteiger partial charge is 0.243 e. The molecule has 0 aromatic carbocycles. The SMILES string of the molecule is CC1CCCC(C)N1NS(=O)(=O)c1ccc(Cl)nc1. The van der Waals surface area contributed by atoms with Crippen LogP contribution in [0.3, 0.4) is 0 Å². The molecule has 1 aliphatic heterocycles. The van der Waals surface area contributed by atoms with Gasteiger partial charge in [0.15, 0.2) is 0 Å². The van der Waals surface area contributed by atoms with E-state index in [1.807, 2.05) is 18.9 Å². The second kappa shape index (κ2) is 5.75. The third-order valence-electron chi connectivity index (χ3n) is 3.43. The summed E-state index contributed by atoms with van der Waals surface area (Å²) in [4.78, 5) is 6.58. The zero-order chi connectivity index (χ0) is 14.0. The number of hydrogen-bond donors (Lipinski definition) is 1. The molecule has 2 rings (SSSR count). The molecule has 0 aliphatic carbocycles. The van der Waals surface area contributed by atoms with Gasteiger partial charge in [-0.25, -0.2) is 18.4 Å². The van der Waals surface area contributed by atoms with Crippen molar-refractivity contribution < 1.29 is 8.42 Å². The van der Waals surface area contributed by atoms with Gasteiger partial charge in [0.05, 0.1) is 0 Å². The van der Waals surface area contributed by atoms with Gasteiger partial charge in [0.2, 0.25) is 0 Å². The summed E-state index contributed by atoms with van der Waals surface area (Å²) < 4.78 is 24.5. The predicted molar refractivity (Wildman–Crippen MR) is 74.2 cm³/mol. The molecule has 0 bridgehead atoms. The highest BCUT2D eigenvalue weighted by atomic mass is 35.5. The predicted octanol–water partition coefficient (Wildman–Crippen LogP) is 2.19. The van der Waals surface area contributed by atoms with E-state index in [9.17, 15) is 8.42 Å². The zero-order valence-corrected chi connectivity index (χ0v) is 12.6. The lowest BCUT2D eigenvalue weighted by Gasteiger charge is -2.38. The molecular formula is C12H18ClN3O2S. The summed E-state index contributed by atoms with van der Waals surface area (Å²) in [5.41, 5.74) is 0. The normalized spacial score (nSPS) is 25.4. The van der Waals surface area contributed by atoms with Crippen LogP contribution in [0.25, 0.3) is 0 Å². The van der Waals surface area contributed by atoms with Crippen LogP contribution in [0.5, 0.6) is 0 Å². The average Bonchev–Trinajstić information content (AvgIpc) is 2.35. The van der Waals surface area contributed by atoms with Gasteiger partial charge in [-0.15, -0.1) is 4.83 Å². The Kier molecular flexibility index (Phi) is 4.45. The van der Waals surface area contributed by atoms with Crippen LogP contribution in [0.15, 0.2) is 23.2 Å². The van der Waals surface area contributed by atoms with Crippen LogP contribution in [0.4, 0.5) is 0 Å². The van der Waals surface area contributed by atoms with Crippen molar-refractivity contribution in [3.05, 3.63) is 23.5 Å². The van der Waals surface area contributed by atoms with Gasteiger partial charge in [0.1, 0.15) is 10.0 Å². The Morgan fingerprint density at radius 3 is 2.47 bits per heavy atom. The average molecular weight is 304 g/mol. The fourth-order valence-electron chi connectivity index (χ4n) is 2.31. The minimum absolute atomic E-state index is 0.127. The van der Waals surface area contributed by atoms with Crippen molar-refractivity contribution in [3.63, 3.8) is 0 Å². The van der Waals surface area contributed by atoms with Gasteiger partial charge >= 0.3 is 0 Å². The van der Waals surface area contributed by atoms with Crippen molar-refractivity contribution >= 4 is 21.6 Å². The molecule has 19 heavy (non-hydrogen) atoms. The van der Waals surface area contributed by atoms with Gasteiger partial charge < -0.3 is 0 Å². The molecule has 5 nitrogen and oxygen atoms in total. The molecule has 1 N–H and O–H groups in total. The van der Waals surface area contributed by atoms with Gasteiger partial charge in [-0.3, -0.25) is 0 Å². The highest BCUT2D eigenvalue weighted by Crippen LogP contribution is 2.22. The quantitative estimate of drug-likeness (QED) is 0.870. The lowest BCUT2D eigenvalue weighted by molar-refractivity contribution is 0.0790. The van der Waals surface area contributed by atoms with Crippen molar-refractivity contribution in [1.29, 1.82) is 0 Å². The molecule has 2 heterocycles. The number of nitrogens with one attached hydrogen (secondary N) is 1. The van der Waals surface area contributed by atoms with E-state index in [0.29, 0.717) is 0 Å². The van der Waals surface area contributed by atoms with Crippen LogP contribution < -0.4 is 4.83 Å². The molecule has 7 heteroatoms. The Bertz CT molecular complexity index is 522. The molecule has 2 unspecified atom stereocenters. The number of nitrogens with zero attached hydrogens (tertiary/aromatic N) is 2. The first kappa shape index (κ1) is 14.7. The van der Waals surface area contributed by atoms with E-state index in [1.54, 1.807) is 0 Å². The number of aromatic nitrogens is 1. The van der Waals surface area contributed by atoms with E-state index in [-0.39, 0.29) is 22.1 Å². The maximum atomic E-state index is 12.3. The van der Waals surface area contributed by atoms with Crippen molar-refractivity contribution in [2.45, 2.75) is 50.1 Å². The molecule has 1 aromatic rings. The standard InChI is InChI=1S/C12H18ClN3O2S/c1-9-4-3-5-10(2)16(9)15-19(17,18)11-6-7-12(13)14-8-11/h6-10,15H,3-5H2,1-2H3. The minimum Gasteiger partial charge on any atom is -0.243 e. The molecule has 1 fully saturated rings. The molecule has 106 valence electrons. The van der Waals surface area contributed by atoms with Crippen molar-refractivity contribution in [3.8, 4) is 0 Å². The van der Waals surface area contributed by atoms with Crippen LogP contribution in [0, 0.1) is 0 Å². The van der Waals surface area contributed by atoms with E-state index >= 15 is 0 Å². The van der Waals surface area contributed by atoms with Gasteiger partial charge in [0, 0.05) is 18.3 Å². The van der Waals surface area contributed by atoms with E-state index in [2.05, 4.69) is 9.82 Å². The first-order valence-electron chi connectivity index (χ1n) is 6.32. The van der Waals surface area contributed by atoms with Gasteiger partial charge in [-0.05, 0) is 38.8 Å². The van der Waals surface area contributed by atoms with Gasteiger partial charge in [-0.2, -0.15) is 0 Å². The lowest BCUT2D eigenvalue weighted by atomic mass is 10.0. The van der Waals surface area contributed by atoms with Crippen LogP contribution in [-0.2, 0) is 10.0 Å². The third-order valence-corrected chi connectivity index (χ3v) is 4.97. The number of piperidine rings is 1. The summed E-state index contributed by atoms with van der Waals surface area (Å²) in [7, 11) is -3.59. The molecule has 0 saturated carbocycles. The second-order valence-corrected chi connectivity index (χ2v) is 7.00. The molecule has 1 saturated heterocycles. The minimum atomic E-state index is -3.59. The first-order valence-corrected chi connectivity index (χ1v) is 8.18. The first-order chi connectivity index (χ1) is 8.90. The van der Waals surface area contributed by atoms with Crippen LogP contribution >= 0.6 is 11.6 Å². The molecule has 0 spiro atoms. The Balaban J connectivity index is 2.18. The monoisotopic (exact) mass is 303 g/mol. The number of hydrazine groups is 1. The van der Waals surface area contributed by atoms with E-state index < -0.39 is 10.0 Å². The molecule has 2 atom stereocenters. The summed E-state index contributed by atoms with van der Waals surface area (Å²) >= 11 is 5.66. The van der Waals surface area contributed by atoms with Crippen LogP contribution in [0.2, 0.25) is 5.15 Å². The number of sulfonamides is 1. The fourth-order valence-corrected chi connectivity index (χ4v) is 3.61. The van der Waals surface area contributed by atoms with Gasteiger partial charge in [-0.1, -0.05) is 18.0 Å². The highest BCUT2D eigenvalue weighted by molar-refractivity contribution is 7.89. The van der Waals surface area contributed by atoms with Crippen LogP contribution in [-0.4, -0.2) is 30.5 Å². The Labute approximate surface area is 119 Å². The van der Waals surface area contributed by atoms with Crippen molar-refractivity contribution in [2.75, 3.05) is 0 Å². The molecule has 1 aromatic heterocycles. The van der Waals surface area contributed by atoms with E-state index in [0.717, 1.165) is 19.3 Å². The zero-order valence-electron chi connectivity index (χ0n) is 11.0. The number of rotatable bonds is 3. The fraction of sp³-hybridized carbons (Fsp3) is 0.583. The van der Waals surface area contributed by atoms with Crippen LogP contribution in [0.1, 0.15) is 33.1 Å². The largest absolute Gasteiger partial charge is 0.255 e. The summed E-state index contributed by atoms with van der Waals surface area (Å²) in [5, 5.41) is 2.09. The topological polar surface area (TPSA) is 62.3 Å². The second-order valence-electron chi connectivity index (χ2n) is 4.95. The molecule has 1 aliphatic rings. The summed E-state index contributed by atoms with van der Waals surface area (Å²) in [6, 6.07) is 3.31. The highest BCUT2D eigenvalue weighted by Gasteiger charge is 2.29.